The van der Waals surface area contributed by atoms with E-state index in [0.717, 1.165) is 25.0 Å². The Morgan fingerprint density at radius 3 is 2.90 bits per heavy atom. The summed E-state index contributed by atoms with van der Waals surface area (Å²) in [5.74, 6) is -0.0148. The molecule has 0 radical (unpaired) electrons. The normalized spacial score (nSPS) is 21.2. The lowest BCUT2D eigenvalue weighted by atomic mass is 10.1. The minimum Gasteiger partial charge on any atom is -0.478 e. The number of non-ortho nitro benzene ring substituents is 1. The van der Waals surface area contributed by atoms with Crippen molar-refractivity contribution in [1.82, 2.24) is 0 Å². The zero-order valence-electron chi connectivity index (χ0n) is 11.7. The maximum atomic E-state index is 11.2. The zero-order valence-corrected chi connectivity index (χ0v) is 12.6. The highest BCUT2D eigenvalue weighted by Gasteiger charge is 2.26. The average Bonchev–Trinajstić information content (AvgIpc) is 2.86. The van der Waals surface area contributed by atoms with Crippen LogP contribution >= 0.6 is 11.8 Å². The molecule has 7 heteroatoms. The highest BCUT2D eigenvalue weighted by Crippen LogP contribution is 2.33. The van der Waals surface area contributed by atoms with Gasteiger partial charge in [-0.1, -0.05) is 6.92 Å². The fourth-order valence-electron chi connectivity index (χ4n) is 2.63. The predicted octanol–water partition coefficient (Wildman–Crippen LogP) is 3.38. The summed E-state index contributed by atoms with van der Waals surface area (Å²) >= 11 is 1.91. The number of nitro benzene ring substituents is 1. The van der Waals surface area contributed by atoms with Gasteiger partial charge in [-0.05, 0) is 31.1 Å². The van der Waals surface area contributed by atoms with Crippen LogP contribution in [0.5, 0.6) is 0 Å². The van der Waals surface area contributed by atoms with Crippen molar-refractivity contribution in [3.63, 3.8) is 0 Å². The van der Waals surface area contributed by atoms with E-state index in [2.05, 4.69) is 12.2 Å². The molecule has 0 bridgehead atoms. The Balaban J connectivity index is 2.16. The second-order valence-electron chi connectivity index (χ2n) is 5.02. The first kappa shape index (κ1) is 15.6. The number of nitro groups is 1. The minimum atomic E-state index is -1.08. The Hall–Kier alpha value is -1.76. The molecule has 1 aliphatic carbocycles. The highest BCUT2D eigenvalue weighted by atomic mass is 32.2. The first-order valence-corrected chi connectivity index (χ1v) is 7.96. The molecule has 2 N–H and O–H groups in total. The largest absolute Gasteiger partial charge is 0.478 e. The molecule has 0 saturated heterocycles. The lowest BCUT2D eigenvalue weighted by molar-refractivity contribution is -0.384. The molecule has 2 atom stereocenters. The Bertz CT molecular complexity index is 550. The number of thioether (sulfide) groups is 1. The van der Waals surface area contributed by atoms with E-state index in [1.807, 2.05) is 11.8 Å². The molecular weight excluding hydrogens is 292 g/mol. The topological polar surface area (TPSA) is 92.5 Å². The van der Waals surface area contributed by atoms with Gasteiger partial charge in [0.15, 0.2) is 0 Å². The van der Waals surface area contributed by atoms with E-state index in [4.69, 9.17) is 0 Å². The lowest BCUT2D eigenvalue weighted by Gasteiger charge is -2.16. The summed E-state index contributed by atoms with van der Waals surface area (Å²) in [7, 11) is 0. The van der Waals surface area contributed by atoms with E-state index in [1.54, 1.807) is 0 Å². The van der Waals surface area contributed by atoms with Gasteiger partial charge in [0, 0.05) is 23.4 Å². The summed E-state index contributed by atoms with van der Waals surface area (Å²) in [6, 6.07) is 3.99. The molecule has 114 valence electrons. The number of nitrogens with one attached hydrogen (secondary N) is 1. The van der Waals surface area contributed by atoms with Gasteiger partial charge in [0.2, 0.25) is 0 Å². The minimum absolute atomic E-state index is 0.0761. The van der Waals surface area contributed by atoms with Crippen LogP contribution in [0, 0.1) is 10.1 Å². The van der Waals surface area contributed by atoms with Crippen LogP contribution in [0.15, 0.2) is 18.2 Å². The van der Waals surface area contributed by atoms with Crippen molar-refractivity contribution in [3.8, 4) is 0 Å². The van der Waals surface area contributed by atoms with Gasteiger partial charge in [-0.2, -0.15) is 11.8 Å². The van der Waals surface area contributed by atoms with Crippen LogP contribution in [-0.2, 0) is 0 Å². The van der Waals surface area contributed by atoms with Crippen molar-refractivity contribution in [2.45, 2.75) is 37.5 Å². The Morgan fingerprint density at radius 2 is 2.29 bits per heavy atom. The van der Waals surface area contributed by atoms with Crippen LogP contribution in [0.2, 0.25) is 0 Å². The zero-order chi connectivity index (χ0) is 15.4. The SMILES string of the molecule is CCSC1CCC(Nc2cc([N+](=O)[O-])ccc2C(=O)O)C1. The number of carboxylic acid groups (broad SMARTS) is 1. The molecule has 21 heavy (non-hydrogen) atoms. The predicted molar refractivity (Wildman–Crippen MR) is 83.2 cm³/mol. The first-order valence-electron chi connectivity index (χ1n) is 6.91. The fraction of sp³-hybridized carbons (Fsp3) is 0.500. The van der Waals surface area contributed by atoms with Crippen molar-refractivity contribution < 1.29 is 14.8 Å². The highest BCUT2D eigenvalue weighted by molar-refractivity contribution is 7.99. The number of hydrogen-bond donors (Lipinski definition) is 2. The molecular formula is C14H18N2O4S. The Morgan fingerprint density at radius 1 is 1.52 bits per heavy atom. The van der Waals surface area contributed by atoms with Gasteiger partial charge in [0.1, 0.15) is 0 Å². The summed E-state index contributed by atoms with van der Waals surface area (Å²) in [6.07, 6.45) is 3.01. The summed E-state index contributed by atoms with van der Waals surface area (Å²) < 4.78 is 0. The van der Waals surface area contributed by atoms with Crippen LogP contribution in [0.25, 0.3) is 0 Å². The van der Waals surface area contributed by atoms with Crippen molar-refractivity contribution in [2.75, 3.05) is 11.1 Å². The molecule has 1 aliphatic rings. The van der Waals surface area contributed by atoms with Gasteiger partial charge in [0.25, 0.3) is 5.69 Å². The third-order valence-corrected chi connectivity index (χ3v) is 4.82. The molecule has 0 spiro atoms. The third-order valence-electron chi connectivity index (χ3n) is 3.59. The van der Waals surface area contributed by atoms with Crippen LogP contribution < -0.4 is 5.32 Å². The number of carbonyl (C=O) groups is 1. The van der Waals surface area contributed by atoms with E-state index in [9.17, 15) is 20.0 Å². The second kappa shape index (κ2) is 6.80. The molecule has 1 saturated carbocycles. The quantitative estimate of drug-likeness (QED) is 0.618. The number of carboxylic acids is 1. The van der Waals surface area contributed by atoms with Gasteiger partial charge in [0.05, 0.1) is 16.2 Å². The molecule has 1 fully saturated rings. The van der Waals surface area contributed by atoms with Crippen molar-refractivity contribution in [1.29, 1.82) is 0 Å². The van der Waals surface area contributed by atoms with Crippen molar-refractivity contribution in [3.05, 3.63) is 33.9 Å². The molecule has 6 nitrogen and oxygen atoms in total. The molecule has 0 amide bonds. The number of nitrogens with zero attached hydrogens (tertiary/aromatic N) is 1. The van der Waals surface area contributed by atoms with Gasteiger partial charge in [-0.3, -0.25) is 10.1 Å². The molecule has 1 aromatic rings. The molecule has 2 rings (SSSR count). The van der Waals surface area contributed by atoms with Crippen molar-refractivity contribution in [2.24, 2.45) is 0 Å². The summed E-state index contributed by atoms with van der Waals surface area (Å²) in [6.45, 7) is 2.12. The van der Waals surface area contributed by atoms with Crippen molar-refractivity contribution >= 4 is 29.1 Å². The lowest BCUT2D eigenvalue weighted by Crippen LogP contribution is -2.18. The molecule has 0 heterocycles. The van der Waals surface area contributed by atoms with E-state index in [0.29, 0.717) is 10.9 Å². The Labute approximate surface area is 127 Å². The third kappa shape index (κ3) is 3.87. The number of hydrogen-bond acceptors (Lipinski definition) is 5. The van der Waals surface area contributed by atoms with E-state index in [1.165, 1.54) is 18.2 Å². The summed E-state index contributed by atoms with van der Waals surface area (Å²) in [5, 5.41) is 23.8. The first-order chi connectivity index (χ1) is 10.0. The number of benzene rings is 1. The van der Waals surface area contributed by atoms with Crippen LogP contribution in [0.4, 0.5) is 11.4 Å². The number of rotatable bonds is 6. The smallest absolute Gasteiger partial charge is 0.337 e. The van der Waals surface area contributed by atoms with Crippen LogP contribution in [0.1, 0.15) is 36.5 Å². The molecule has 0 aliphatic heterocycles. The van der Waals surface area contributed by atoms with E-state index >= 15 is 0 Å². The monoisotopic (exact) mass is 310 g/mol. The van der Waals surface area contributed by atoms with Crippen LogP contribution in [0.3, 0.4) is 0 Å². The molecule has 1 aromatic carbocycles. The standard InChI is InChI=1S/C14H18N2O4S/c1-2-21-11-5-3-9(7-11)15-13-8-10(16(19)20)4-6-12(13)14(17)18/h4,6,8-9,11,15H,2-3,5,7H2,1H3,(H,17,18). The van der Waals surface area contributed by atoms with Gasteiger partial charge in [-0.25, -0.2) is 4.79 Å². The summed E-state index contributed by atoms with van der Waals surface area (Å²) in [4.78, 5) is 21.6. The van der Waals surface area contributed by atoms with Gasteiger partial charge in [-0.15, -0.1) is 0 Å². The molecule has 0 aromatic heterocycles. The fourth-order valence-corrected chi connectivity index (χ4v) is 3.77. The maximum Gasteiger partial charge on any atom is 0.337 e. The maximum absolute atomic E-state index is 11.2. The van der Waals surface area contributed by atoms with Crippen LogP contribution in [-0.4, -0.2) is 33.0 Å². The van der Waals surface area contributed by atoms with Gasteiger partial charge < -0.3 is 10.4 Å². The molecule has 2 unspecified atom stereocenters. The van der Waals surface area contributed by atoms with Gasteiger partial charge >= 0.3 is 5.97 Å². The van der Waals surface area contributed by atoms with E-state index < -0.39 is 10.9 Å². The number of anilines is 1. The second-order valence-corrected chi connectivity index (χ2v) is 6.60. The summed E-state index contributed by atoms with van der Waals surface area (Å²) in [5.41, 5.74) is 0.316. The number of aromatic carboxylic acids is 1. The van der Waals surface area contributed by atoms with E-state index in [-0.39, 0.29) is 17.3 Å². The Kier molecular flexibility index (Phi) is 5.06. The average molecular weight is 310 g/mol.